The summed E-state index contributed by atoms with van der Waals surface area (Å²) in [6.07, 6.45) is 0. The Hall–Kier alpha value is 1.03. The van der Waals surface area contributed by atoms with Crippen molar-refractivity contribution >= 4 is 26.9 Å². The molecule has 0 aromatic heterocycles. The van der Waals surface area contributed by atoms with Crippen molar-refractivity contribution in [2.45, 2.75) is 119 Å². The molecule has 0 saturated heterocycles. The monoisotopic (exact) mass is 427 g/mol. The Bertz CT molecular complexity index is 293. The van der Waals surface area contributed by atoms with Crippen molar-refractivity contribution in [1.29, 1.82) is 0 Å². The minimum absolute atomic E-state index is 0.199. The third-order valence-electron chi connectivity index (χ3n) is 4.16. The van der Waals surface area contributed by atoms with Crippen molar-refractivity contribution in [2.24, 2.45) is 0 Å². The average Bonchev–Trinajstić information content (AvgIpc) is 2.34. The first-order valence-corrected chi connectivity index (χ1v) is 14.5. The quantitative estimate of drug-likeness (QED) is 0.353. The first kappa shape index (κ1) is 29.2. The molecule has 0 fully saturated rings. The van der Waals surface area contributed by atoms with E-state index in [0.29, 0.717) is 36.3 Å². The number of hydrogen-bond acceptors (Lipinski definition) is 3. The molecule has 0 radical (unpaired) electrons. The number of halogens is 1. The van der Waals surface area contributed by atoms with Crippen molar-refractivity contribution in [3.8, 4) is 0 Å². The predicted octanol–water partition coefficient (Wildman–Crippen LogP) is 7.45. The first-order valence-electron chi connectivity index (χ1n) is 10.1. The second-order valence-corrected chi connectivity index (χ2v) is 13.4. The zero-order valence-electron chi connectivity index (χ0n) is 20.1. The lowest BCUT2D eigenvalue weighted by atomic mass is 10.3. The summed E-state index contributed by atoms with van der Waals surface area (Å²) in [5, 5.41) is 0. The highest BCUT2D eigenvalue weighted by atomic mass is 35.7. The molecule has 0 aliphatic carbocycles. The molecule has 3 nitrogen and oxygen atoms in total. The molecule has 160 valence electrons. The summed E-state index contributed by atoms with van der Waals surface area (Å²) in [4.78, 5) is 0. The molecule has 0 spiro atoms. The van der Waals surface area contributed by atoms with Crippen LogP contribution in [0.25, 0.3) is 0 Å². The topological polar surface area (TPSA) is 9.72 Å². The fourth-order valence-electron chi connectivity index (χ4n) is 3.88. The van der Waals surface area contributed by atoms with Crippen LogP contribution in [0.15, 0.2) is 0 Å². The van der Waals surface area contributed by atoms with Crippen LogP contribution in [0.4, 0.5) is 0 Å². The predicted molar refractivity (Wildman–Crippen MR) is 128 cm³/mol. The molecule has 0 aromatic carbocycles. The van der Waals surface area contributed by atoms with Gasteiger partial charge in [-0.25, -0.2) is 0 Å². The van der Waals surface area contributed by atoms with Gasteiger partial charge in [-0.3, -0.25) is 14.0 Å². The molecular formula is C20H48ClN3P2. The van der Waals surface area contributed by atoms with Crippen molar-refractivity contribution in [2.75, 3.05) is 13.3 Å². The van der Waals surface area contributed by atoms with E-state index < -0.39 is 7.43 Å². The highest BCUT2D eigenvalue weighted by Gasteiger charge is 2.28. The van der Waals surface area contributed by atoms with Crippen LogP contribution in [0.3, 0.4) is 0 Å². The molecule has 0 amide bonds. The van der Waals surface area contributed by atoms with E-state index in [9.17, 15) is 0 Å². The first-order chi connectivity index (χ1) is 11.7. The lowest BCUT2D eigenvalue weighted by Crippen LogP contribution is -2.42. The van der Waals surface area contributed by atoms with E-state index in [0.717, 1.165) is 0 Å². The fourth-order valence-corrected chi connectivity index (χ4v) is 9.11. The Morgan fingerprint density at radius 1 is 0.462 bits per heavy atom. The molecule has 0 aliphatic rings. The molecular weight excluding hydrogens is 380 g/mol. The largest absolute Gasteiger partial charge is 0.265 e. The minimum Gasteiger partial charge on any atom is -0.265 e. The maximum Gasteiger partial charge on any atom is 0.0598 e. The average molecular weight is 428 g/mol. The summed E-state index contributed by atoms with van der Waals surface area (Å²) in [7, 11) is -0.636. The molecule has 0 N–H and O–H groups in total. The van der Waals surface area contributed by atoms with Crippen LogP contribution in [-0.4, -0.2) is 63.6 Å². The van der Waals surface area contributed by atoms with Gasteiger partial charge >= 0.3 is 0 Å². The maximum atomic E-state index is 6.02. The Morgan fingerprint density at radius 3 is 0.731 bits per heavy atom. The second kappa shape index (κ2) is 14.1. The zero-order valence-corrected chi connectivity index (χ0v) is 22.6. The third-order valence-corrected chi connectivity index (χ3v) is 9.43. The van der Waals surface area contributed by atoms with E-state index in [1.165, 1.54) is 0 Å². The van der Waals surface area contributed by atoms with Gasteiger partial charge in [-0.1, -0.05) is 11.2 Å². The summed E-state index contributed by atoms with van der Waals surface area (Å²) >= 11 is 6.02. The highest BCUT2D eigenvalue weighted by molar-refractivity contribution is 7.81. The van der Waals surface area contributed by atoms with Gasteiger partial charge in [0, 0.05) is 44.5 Å². The number of hydrogen-bond donors (Lipinski definition) is 0. The number of nitrogens with zero attached hydrogens (tertiary/aromatic N) is 3. The molecule has 6 heteroatoms. The van der Waals surface area contributed by atoms with Crippen LogP contribution in [-0.2, 0) is 0 Å². The van der Waals surface area contributed by atoms with Crippen molar-refractivity contribution in [1.82, 2.24) is 14.0 Å². The summed E-state index contributed by atoms with van der Waals surface area (Å²) < 4.78 is 7.63. The minimum atomic E-state index is -0.437. The van der Waals surface area contributed by atoms with Crippen LogP contribution in [0.1, 0.15) is 83.1 Å². The van der Waals surface area contributed by atoms with Gasteiger partial charge in [0.05, 0.1) is 7.43 Å². The van der Waals surface area contributed by atoms with Gasteiger partial charge in [-0.05, 0) is 96.4 Å². The van der Waals surface area contributed by atoms with Crippen molar-refractivity contribution in [3.63, 3.8) is 0 Å². The molecule has 0 saturated carbocycles. The Morgan fingerprint density at radius 2 is 0.654 bits per heavy atom. The van der Waals surface area contributed by atoms with Crippen LogP contribution in [0.5, 0.6) is 0 Å². The number of rotatable bonds is 9. The molecule has 1 atom stereocenters. The van der Waals surface area contributed by atoms with Crippen LogP contribution >= 0.6 is 26.9 Å². The molecule has 26 heavy (non-hydrogen) atoms. The Balaban J connectivity index is 0. The molecule has 0 bridgehead atoms. The molecule has 0 aliphatic heterocycles. The van der Waals surface area contributed by atoms with Crippen molar-refractivity contribution < 1.29 is 0 Å². The van der Waals surface area contributed by atoms with Gasteiger partial charge in [0.1, 0.15) is 0 Å². The summed E-state index contributed by atoms with van der Waals surface area (Å²) in [5.74, 6) is 0. The van der Waals surface area contributed by atoms with Crippen LogP contribution in [0, 0.1) is 0 Å². The summed E-state index contributed by atoms with van der Waals surface area (Å²) in [6.45, 7) is 31.6. The fraction of sp³-hybridized carbons (Fsp3) is 1.00. The van der Waals surface area contributed by atoms with Gasteiger partial charge in [-0.2, -0.15) is 0 Å². The third kappa shape index (κ3) is 10.5. The van der Waals surface area contributed by atoms with Gasteiger partial charge in [0.2, 0.25) is 0 Å². The van der Waals surface area contributed by atoms with E-state index in [-0.39, 0.29) is 8.22 Å². The second-order valence-electron chi connectivity index (χ2n) is 8.64. The zero-order chi connectivity index (χ0) is 21.4. The van der Waals surface area contributed by atoms with E-state index in [1.807, 2.05) is 0 Å². The molecule has 0 rings (SSSR count). The van der Waals surface area contributed by atoms with Gasteiger partial charge < -0.3 is 0 Å². The van der Waals surface area contributed by atoms with Gasteiger partial charge in [0.15, 0.2) is 0 Å². The van der Waals surface area contributed by atoms with E-state index in [1.54, 1.807) is 0 Å². The van der Waals surface area contributed by atoms with E-state index in [2.05, 4.69) is 110 Å². The lowest BCUT2D eigenvalue weighted by molar-refractivity contribution is 0.258. The summed E-state index contributed by atoms with van der Waals surface area (Å²) in [6, 6.07) is 3.61. The maximum absolute atomic E-state index is 6.02. The van der Waals surface area contributed by atoms with Crippen molar-refractivity contribution in [3.05, 3.63) is 0 Å². The molecule has 0 heterocycles. The highest BCUT2D eigenvalue weighted by Crippen LogP contribution is 2.46. The van der Waals surface area contributed by atoms with Gasteiger partial charge in [0.25, 0.3) is 0 Å². The summed E-state index contributed by atoms with van der Waals surface area (Å²) in [5.41, 5.74) is 0. The van der Waals surface area contributed by atoms with E-state index >= 15 is 0 Å². The standard InChI is InChI=1S/C13H31N2P.C7H17ClNP/c1-10(2)14(11(3)4)16(9)15(12(5)6)13(7)8;1-6(2)9(7(3)4)10(5)8/h10-13H,1-9H3;6-7H,1-5H3. The van der Waals surface area contributed by atoms with Gasteiger partial charge in [-0.15, -0.1) is 0 Å². The van der Waals surface area contributed by atoms with Crippen LogP contribution < -0.4 is 0 Å². The SMILES string of the molecule is CC(C)N(C(C)C)P(C)Cl.CC(C)N(C(C)C)P(C)N(C(C)C)C(C)C. The Labute approximate surface area is 173 Å². The molecule has 1 unspecified atom stereocenters. The Kier molecular flexibility index (Phi) is 15.8. The smallest absolute Gasteiger partial charge is 0.0598 e. The molecule has 0 aromatic rings. The lowest BCUT2D eigenvalue weighted by Gasteiger charge is -2.45. The van der Waals surface area contributed by atoms with E-state index in [4.69, 9.17) is 11.2 Å². The van der Waals surface area contributed by atoms with Crippen LogP contribution in [0.2, 0.25) is 0 Å². The normalized spacial score (nSPS) is 14.2.